The number of carbonyl (C=O) groups is 2. The van der Waals surface area contributed by atoms with Gasteiger partial charge in [0.15, 0.2) is 0 Å². The van der Waals surface area contributed by atoms with Gasteiger partial charge in [0.05, 0.1) is 11.7 Å². The maximum atomic E-state index is 13.1. The predicted octanol–water partition coefficient (Wildman–Crippen LogP) is 4.48. The number of carbonyl (C=O) groups excluding carboxylic acids is 2. The summed E-state index contributed by atoms with van der Waals surface area (Å²) in [5.41, 5.74) is 4.95. The van der Waals surface area contributed by atoms with Gasteiger partial charge in [0.2, 0.25) is 11.8 Å². The first-order valence-electron chi connectivity index (χ1n) is 12.6. The second-order valence-corrected chi connectivity index (χ2v) is 11.4. The molecule has 3 heterocycles. The molecule has 186 valence electrons. The molecule has 8 heteroatoms. The Bertz CT molecular complexity index is 1060. The summed E-state index contributed by atoms with van der Waals surface area (Å²) in [5.74, 6) is 0.766. The Balaban J connectivity index is 1.28. The topological polar surface area (TPSA) is 56.8 Å². The molecule has 0 radical (unpaired) electrons. The number of nitrogens with zero attached hydrogens (tertiary/aromatic N) is 4. The fourth-order valence-electron chi connectivity index (χ4n) is 5.84. The van der Waals surface area contributed by atoms with Gasteiger partial charge in [-0.25, -0.2) is 0 Å². The number of aryl methyl sites for hydroxylation is 2. The zero-order chi connectivity index (χ0) is 24.5. The molecular formula is C27H32BrClN4O2. The Labute approximate surface area is 220 Å². The van der Waals surface area contributed by atoms with Gasteiger partial charge in [-0.3, -0.25) is 19.5 Å². The van der Waals surface area contributed by atoms with Crippen molar-refractivity contribution >= 4 is 39.3 Å². The van der Waals surface area contributed by atoms with Crippen LogP contribution in [-0.4, -0.2) is 70.8 Å². The van der Waals surface area contributed by atoms with Crippen LogP contribution in [0.1, 0.15) is 54.6 Å². The standard InChI is InChI=1S/C27H32BrClN4O2/c1-18(34)31-8-6-19(7-9-31)14-25(35)32-10-12-33(13-11-32)27-24-5-4-23(29)16-20(24)2-3-21-15-22(28)17-30-26(21)27/h4-5,15-17,19,27H,2-3,6-14H2,1H3/t27-/m0/s1. The van der Waals surface area contributed by atoms with Crippen LogP contribution in [0.4, 0.5) is 0 Å². The molecule has 0 unspecified atom stereocenters. The number of piperazine rings is 1. The lowest BCUT2D eigenvalue weighted by Gasteiger charge is -2.40. The number of hydrogen-bond donors (Lipinski definition) is 0. The highest BCUT2D eigenvalue weighted by Crippen LogP contribution is 2.38. The Morgan fingerprint density at radius 2 is 1.71 bits per heavy atom. The monoisotopic (exact) mass is 558 g/mol. The Morgan fingerprint density at radius 1 is 1.00 bits per heavy atom. The number of halogens is 2. The van der Waals surface area contributed by atoms with Gasteiger partial charge in [-0.05, 0) is 82.4 Å². The minimum atomic E-state index is 0.0704. The van der Waals surface area contributed by atoms with E-state index in [4.69, 9.17) is 16.6 Å². The third-order valence-electron chi connectivity index (χ3n) is 7.85. The van der Waals surface area contributed by atoms with Gasteiger partial charge in [0.1, 0.15) is 0 Å². The zero-order valence-corrected chi connectivity index (χ0v) is 22.5. The molecule has 0 bridgehead atoms. The van der Waals surface area contributed by atoms with Crippen LogP contribution in [0, 0.1) is 5.92 Å². The minimum Gasteiger partial charge on any atom is -0.343 e. The summed E-state index contributed by atoms with van der Waals surface area (Å²) >= 11 is 9.95. The van der Waals surface area contributed by atoms with E-state index in [1.165, 1.54) is 16.7 Å². The largest absolute Gasteiger partial charge is 0.343 e. The number of amides is 2. The fraction of sp³-hybridized carbons (Fsp3) is 0.519. The first kappa shape index (κ1) is 24.7. The Morgan fingerprint density at radius 3 is 2.43 bits per heavy atom. The van der Waals surface area contributed by atoms with E-state index in [1.54, 1.807) is 6.92 Å². The number of piperidine rings is 1. The van der Waals surface area contributed by atoms with Crippen molar-refractivity contribution in [1.29, 1.82) is 0 Å². The Kier molecular flexibility index (Phi) is 7.47. The van der Waals surface area contributed by atoms with Gasteiger partial charge in [0, 0.05) is 68.3 Å². The molecule has 2 aliphatic heterocycles. The molecule has 2 aromatic rings. The first-order chi connectivity index (χ1) is 16.9. The smallest absolute Gasteiger partial charge is 0.222 e. The van der Waals surface area contributed by atoms with Crippen LogP contribution in [-0.2, 0) is 22.4 Å². The van der Waals surface area contributed by atoms with Crippen LogP contribution in [0.2, 0.25) is 5.02 Å². The molecule has 0 N–H and O–H groups in total. The van der Waals surface area contributed by atoms with Gasteiger partial charge in [0.25, 0.3) is 0 Å². The fourth-order valence-corrected chi connectivity index (χ4v) is 6.41. The van der Waals surface area contributed by atoms with E-state index in [0.717, 1.165) is 80.1 Å². The number of rotatable bonds is 3. The van der Waals surface area contributed by atoms with Gasteiger partial charge >= 0.3 is 0 Å². The van der Waals surface area contributed by atoms with E-state index >= 15 is 0 Å². The van der Waals surface area contributed by atoms with Gasteiger partial charge in [-0.2, -0.15) is 0 Å². The molecule has 5 rings (SSSR count). The first-order valence-corrected chi connectivity index (χ1v) is 13.8. The molecule has 2 saturated heterocycles. The third-order valence-corrected chi connectivity index (χ3v) is 8.51. The lowest BCUT2D eigenvalue weighted by atomic mass is 9.92. The molecule has 0 saturated carbocycles. The van der Waals surface area contributed by atoms with Crippen LogP contribution in [0.15, 0.2) is 34.9 Å². The number of fused-ring (bicyclic) bond motifs is 2. The molecule has 35 heavy (non-hydrogen) atoms. The summed E-state index contributed by atoms with van der Waals surface area (Å²) in [7, 11) is 0. The van der Waals surface area contributed by atoms with Crippen molar-refractivity contribution in [2.75, 3.05) is 39.3 Å². The maximum absolute atomic E-state index is 13.1. The molecule has 1 aromatic heterocycles. The quantitative estimate of drug-likeness (QED) is 0.557. The predicted molar refractivity (Wildman–Crippen MR) is 140 cm³/mol. The van der Waals surface area contributed by atoms with Crippen molar-refractivity contribution in [3.8, 4) is 0 Å². The van der Waals surface area contributed by atoms with Gasteiger partial charge in [-0.1, -0.05) is 17.7 Å². The summed E-state index contributed by atoms with van der Waals surface area (Å²) < 4.78 is 1.00. The number of hydrogen-bond acceptors (Lipinski definition) is 4. The van der Waals surface area contributed by atoms with Crippen LogP contribution >= 0.6 is 27.5 Å². The number of benzene rings is 1. The van der Waals surface area contributed by atoms with Gasteiger partial charge < -0.3 is 9.80 Å². The van der Waals surface area contributed by atoms with Crippen LogP contribution < -0.4 is 0 Å². The van der Waals surface area contributed by atoms with E-state index in [2.05, 4.69) is 39.0 Å². The summed E-state index contributed by atoms with van der Waals surface area (Å²) in [4.78, 5) is 35.9. The zero-order valence-electron chi connectivity index (χ0n) is 20.2. The van der Waals surface area contributed by atoms with E-state index in [9.17, 15) is 9.59 Å². The highest BCUT2D eigenvalue weighted by atomic mass is 79.9. The summed E-state index contributed by atoms with van der Waals surface area (Å²) in [5, 5.41) is 0.771. The molecule has 1 aliphatic carbocycles. The van der Waals surface area contributed by atoms with Crippen molar-refractivity contribution in [3.05, 3.63) is 62.3 Å². The van der Waals surface area contributed by atoms with E-state index < -0.39 is 0 Å². The van der Waals surface area contributed by atoms with Crippen LogP contribution in [0.25, 0.3) is 0 Å². The lowest BCUT2D eigenvalue weighted by molar-refractivity contribution is -0.135. The van der Waals surface area contributed by atoms with Crippen LogP contribution in [0.5, 0.6) is 0 Å². The second kappa shape index (κ2) is 10.6. The molecule has 1 aromatic carbocycles. The maximum Gasteiger partial charge on any atom is 0.222 e. The lowest BCUT2D eigenvalue weighted by Crippen LogP contribution is -2.50. The molecule has 0 spiro atoms. The number of aromatic nitrogens is 1. The molecule has 2 fully saturated rings. The number of pyridine rings is 1. The van der Waals surface area contributed by atoms with Gasteiger partial charge in [-0.15, -0.1) is 0 Å². The van der Waals surface area contributed by atoms with Crippen molar-refractivity contribution < 1.29 is 9.59 Å². The second-order valence-electron chi connectivity index (χ2n) is 10.0. The molecule has 3 aliphatic rings. The van der Waals surface area contributed by atoms with Crippen molar-refractivity contribution in [1.82, 2.24) is 19.7 Å². The van der Waals surface area contributed by atoms with E-state index in [1.807, 2.05) is 22.1 Å². The molecule has 2 amide bonds. The van der Waals surface area contributed by atoms with Crippen molar-refractivity contribution in [3.63, 3.8) is 0 Å². The van der Waals surface area contributed by atoms with Crippen LogP contribution in [0.3, 0.4) is 0 Å². The molecule has 6 nitrogen and oxygen atoms in total. The normalized spacial score (nSPS) is 21.3. The Hall–Kier alpha value is -1.96. The summed E-state index contributed by atoms with van der Waals surface area (Å²) in [6, 6.07) is 8.50. The average molecular weight is 560 g/mol. The molecular weight excluding hydrogens is 528 g/mol. The SMILES string of the molecule is CC(=O)N1CCC(CC(=O)N2CCN([C@H]3c4ccc(Cl)cc4CCc4cc(Br)cnc43)CC2)CC1. The van der Waals surface area contributed by atoms with E-state index in [0.29, 0.717) is 12.3 Å². The highest BCUT2D eigenvalue weighted by molar-refractivity contribution is 9.10. The van der Waals surface area contributed by atoms with Crippen molar-refractivity contribution in [2.24, 2.45) is 5.92 Å². The molecule has 1 atom stereocenters. The number of likely N-dealkylation sites (tertiary alicyclic amines) is 1. The average Bonchev–Trinajstić information content (AvgIpc) is 3.00. The third kappa shape index (κ3) is 5.42. The highest BCUT2D eigenvalue weighted by Gasteiger charge is 2.34. The van der Waals surface area contributed by atoms with Crippen molar-refractivity contribution in [2.45, 2.75) is 45.1 Å². The summed E-state index contributed by atoms with van der Waals surface area (Å²) in [6.07, 6.45) is 6.21. The van der Waals surface area contributed by atoms with E-state index in [-0.39, 0.29) is 17.9 Å². The minimum absolute atomic E-state index is 0.0704. The summed E-state index contributed by atoms with van der Waals surface area (Å²) in [6.45, 7) is 6.27.